The maximum absolute atomic E-state index is 12.8. The van der Waals surface area contributed by atoms with E-state index in [2.05, 4.69) is 111 Å². The fourth-order valence-electron chi connectivity index (χ4n) is 7.99. The van der Waals surface area contributed by atoms with Gasteiger partial charge >= 0.3 is 19.8 Å². The molecule has 0 aromatic heterocycles. The van der Waals surface area contributed by atoms with E-state index in [-0.39, 0.29) is 32.0 Å². The Bertz CT molecular complexity index is 1570. The molecular formula is C64H113NO8P+. The van der Waals surface area contributed by atoms with Crippen molar-refractivity contribution in [2.75, 3.05) is 47.5 Å². The van der Waals surface area contributed by atoms with Crippen molar-refractivity contribution in [3.63, 3.8) is 0 Å². The molecule has 1 N–H and O–H groups in total. The molecule has 0 saturated carbocycles. The molecule has 426 valence electrons. The van der Waals surface area contributed by atoms with Crippen LogP contribution < -0.4 is 0 Å². The molecule has 2 atom stereocenters. The maximum Gasteiger partial charge on any atom is 0.472 e. The van der Waals surface area contributed by atoms with Crippen LogP contribution in [0.2, 0.25) is 0 Å². The minimum absolute atomic E-state index is 0.0272. The van der Waals surface area contributed by atoms with Crippen molar-refractivity contribution in [1.29, 1.82) is 0 Å². The molecule has 9 nitrogen and oxygen atoms in total. The normalized spacial score (nSPS) is 14.0. The summed E-state index contributed by atoms with van der Waals surface area (Å²) in [5, 5.41) is 0. The molecule has 0 bridgehead atoms. The van der Waals surface area contributed by atoms with Gasteiger partial charge in [0.15, 0.2) is 6.10 Å². The third-order valence-corrected chi connectivity index (χ3v) is 13.6. The summed E-state index contributed by atoms with van der Waals surface area (Å²) in [6, 6.07) is 0. The maximum atomic E-state index is 12.8. The van der Waals surface area contributed by atoms with Gasteiger partial charge in [0, 0.05) is 12.8 Å². The van der Waals surface area contributed by atoms with Gasteiger partial charge in [0.25, 0.3) is 0 Å². The van der Waals surface area contributed by atoms with E-state index < -0.39 is 26.5 Å². The smallest absolute Gasteiger partial charge is 0.462 e. The number of esters is 2. The van der Waals surface area contributed by atoms with E-state index in [0.29, 0.717) is 17.4 Å². The van der Waals surface area contributed by atoms with Gasteiger partial charge in [0.1, 0.15) is 19.8 Å². The van der Waals surface area contributed by atoms with Crippen molar-refractivity contribution in [2.24, 2.45) is 0 Å². The molecule has 0 aliphatic rings. The lowest BCUT2D eigenvalue weighted by molar-refractivity contribution is -0.870. The lowest BCUT2D eigenvalue weighted by Gasteiger charge is -2.24. The van der Waals surface area contributed by atoms with Gasteiger partial charge in [-0.05, 0) is 96.3 Å². The number of phosphoric acid groups is 1. The Hall–Kier alpha value is -3.07. The number of hydrogen-bond donors (Lipinski definition) is 1. The number of allylic oxidation sites excluding steroid dienone is 16. The number of unbranched alkanes of at least 4 members (excludes halogenated alkanes) is 24. The van der Waals surface area contributed by atoms with Crippen LogP contribution in [0, 0.1) is 0 Å². The van der Waals surface area contributed by atoms with Crippen molar-refractivity contribution in [3.05, 3.63) is 97.2 Å². The van der Waals surface area contributed by atoms with Gasteiger partial charge in [-0.3, -0.25) is 18.6 Å². The fraction of sp³-hybridized carbons (Fsp3) is 0.719. The van der Waals surface area contributed by atoms with Crippen LogP contribution in [0.25, 0.3) is 0 Å². The minimum atomic E-state index is -4.39. The van der Waals surface area contributed by atoms with Crippen molar-refractivity contribution in [2.45, 2.75) is 251 Å². The first-order chi connectivity index (χ1) is 36.0. The van der Waals surface area contributed by atoms with Gasteiger partial charge in [0.05, 0.1) is 27.7 Å². The number of rotatable bonds is 54. The molecule has 2 unspecified atom stereocenters. The Labute approximate surface area is 455 Å². The van der Waals surface area contributed by atoms with Crippen LogP contribution in [-0.2, 0) is 32.7 Å². The van der Waals surface area contributed by atoms with Gasteiger partial charge in [-0.1, -0.05) is 233 Å². The third kappa shape index (κ3) is 58.2. The summed E-state index contributed by atoms with van der Waals surface area (Å²) in [4.78, 5) is 35.7. The quantitative estimate of drug-likeness (QED) is 0.0211. The van der Waals surface area contributed by atoms with Crippen LogP contribution in [0.5, 0.6) is 0 Å². The molecule has 74 heavy (non-hydrogen) atoms. The molecule has 0 aliphatic heterocycles. The van der Waals surface area contributed by atoms with E-state index >= 15 is 0 Å². The van der Waals surface area contributed by atoms with Crippen molar-refractivity contribution < 1.29 is 42.1 Å². The monoisotopic (exact) mass is 1050 g/mol. The Morgan fingerprint density at radius 2 is 0.770 bits per heavy atom. The number of carbonyl (C=O) groups excluding carboxylic acids is 2. The Morgan fingerprint density at radius 1 is 0.432 bits per heavy atom. The van der Waals surface area contributed by atoms with Crippen molar-refractivity contribution >= 4 is 19.8 Å². The summed E-state index contributed by atoms with van der Waals surface area (Å²) in [5.74, 6) is -0.808. The molecule has 0 amide bonds. The van der Waals surface area contributed by atoms with Crippen LogP contribution >= 0.6 is 7.82 Å². The molecule has 10 heteroatoms. The molecule has 0 aliphatic carbocycles. The summed E-state index contributed by atoms with van der Waals surface area (Å²) < 4.78 is 34.5. The molecule has 0 aromatic rings. The highest BCUT2D eigenvalue weighted by atomic mass is 31.2. The molecule has 0 saturated heterocycles. The van der Waals surface area contributed by atoms with Gasteiger partial charge in [-0.2, -0.15) is 0 Å². The second-order valence-corrected chi connectivity index (χ2v) is 22.5. The number of quaternary nitrogens is 1. The second-order valence-electron chi connectivity index (χ2n) is 21.0. The summed E-state index contributed by atoms with van der Waals surface area (Å²) in [5.41, 5.74) is 0. The van der Waals surface area contributed by atoms with E-state index in [0.717, 1.165) is 103 Å². The zero-order valence-corrected chi connectivity index (χ0v) is 49.2. The zero-order chi connectivity index (χ0) is 54.2. The van der Waals surface area contributed by atoms with Crippen LogP contribution in [0.4, 0.5) is 0 Å². The number of likely N-dealkylation sites (N-methyl/N-ethyl adjacent to an activating group) is 1. The van der Waals surface area contributed by atoms with Crippen LogP contribution in [0.15, 0.2) is 97.2 Å². The number of hydrogen-bond acceptors (Lipinski definition) is 7. The first-order valence-corrected chi connectivity index (χ1v) is 31.5. The first-order valence-electron chi connectivity index (χ1n) is 30.0. The van der Waals surface area contributed by atoms with E-state index in [1.54, 1.807) is 0 Å². The molecule has 0 radical (unpaired) electrons. The van der Waals surface area contributed by atoms with E-state index in [1.165, 1.54) is 109 Å². The summed E-state index contributed by atoms with van der Waals surface area (Å²) in [6.45, 7) is 4.31. The van der Waals surface area contributed by atoms with Gasteiger partial charge in [-0.15, -0.1) is 0 Å². The molecule has 0 spiro atoms. The average Bonchev–Trinajstić information content (AvgIpc) is 3.36. The Kier molecular flexibility index (Phi) is 52.4. The molecule has 0 fully saturated rings. The topological polar surface area (TPSA) is 108 Å². The standard InChI is InChI=1S/C64H112NO8P/c1-6-8-10-12-14-16-18-20-22-23-24-25-26-27-28-29-30-31-32-33-34-35-36-37-38-39-40-41-43-45-47-49-51-53-55-57-64(67)73-62(61-72-74(68,69)71-59-58-65(3,4)5)60-70-63(66)56-54-52-50-48-46-44-42-21-19-17-15-13-11-9-7-2/h8,10,14,16,20-22,24-25,27-28,30-31,33-34,42,62H,6-7,9,11-13,15,17-19,23,26,29,32,35-41,43-61H2,1-5H3/p+1/b10-8-,16-14-,22-20-,25-24-,28-27-,31-30-,34-33-,42-21-. The summed E-state index contributed by atoms with van der Waals surface area (Å²) in [6.07, 6.45) is 74.8. The Balaban J connectivity index is 4.09. The van der Waals surface area contributed by atoms with Crippen LogP contribution in [0.1, 0.15) is 245 Å². The third-order valence-electron chi connectivity index (χ3n) is 12.6. The van der Waals surface area contributed by atoms with Gasteiger partial charge in [-0.25, -0.2) is 4.57 Å². The lowest BCUT2D eigenvalue weighted by atomic mass is 10.0. The van der Waals surface area contributed by atoms with Gasteiger partial charge < -0.3 is 18.9 Å². The van der Waals surface area contributed by atoms with Crippen molar-refractivity contribution in [1.82, 2.24) is 0 Å². The molecule has 0 heterocycles. The fourth-order valence-corrected chi connectivity index (χ4v) is 8.73. The van der Waals surface area contributed by atoms with E-state index in [1.807, 2.05) is 21.1 Å². The SMILES string of the molecule is CC/C=C\C/C=C\C/C=C\C/C=C\C/C=C\C/C=C\C/C=C\CCCCCCCCCCCCCCCC(=O)OC(COC(=O)CCCCCCC/C=C\CCCCCCCC)COP(=O)(O)OCC[N+](C)(C)C. The van der Waals surface area contributed by atoms with Crippen molar-refractivity contribution in [3.8, 4) is 0 Å². The molecule has 0 aromatic carbocycles. The number of nitrogens with zero attached hydrogens (tertiary/aromatic N) is 1. The van der Waals surface area contributed by atoms with Gasteiger partial charge in [0.2, 0.25) is 0 Å². The molecular weight excluding hydrogens is 942 g/mol. The number of carbonyl (C=O) groups is 2. The predicted octanol–water partition coefficient (Wildman–Crippen LogP) is 18.8. The zero-order valence-electron chi connectivity index (χ0n) is 48.3. The molecule has 0 rings (SSSR count). The Morgan fingerprint density at radius 3 is 1.16 bits per heavy atom. The number of phosphoric ester groups is 1. The summed E-state index contributed by atoms with van der Waals surface area (Å²) >= 11 is 0. The van der Waals surface area contributed by atoms with E-state index in [4.69, 9.17) is 18.5 Å². The predicted molar refractivity (Wildman–Crippen MR) is 316 cm³/mol. The first kappa shape index (κ1) is 70.9. The van der Waals surface area contributed by atoms with Crippen LogP contribution in [-0.4, -0.2) is 74.9 Å². The highest BCUT2D eigenvalue weighted by Crippen LogP contribution is 2.43. The second kappa shape index (κ2) is 54.7. The lowest BCUT2D eigenvalue weighted by Crippen LogP contribution is -2.37. The summed E-state index contributed by atoms with van der Waals surface area (Å²) in [7, 11) is 1.47. The highest BCUT2D eigenvalue weighted by Gasteiger charge is 2.27. The highest BCUT2D eigenvalue weighted by molar-refractivity contribution is 7.47. The van der Waals surface area contributed by atoms with Crippen LogP contribution in [0.3, 0.4) is 0 Å². The average molecular weight is 1060 g/mol. The minimum Gasteiger partial charge on any atom is -0.462 e. The van der Waals surface area contributed by atoms with E-state index in [9.17, 15) is 19.0 Å². The largest absolute Gasteiger partial charge is 0.472 e. The number of ether oxygens (including phenoxy) is 2.